The Hall–Kier alpha value is -4.24. The van der Waals surface area contributed by atoms with Crippen molar-refractivity contribution in [3.63, 3.8) is 0 Å². The lowest BCUT2D eigenvalue weighted by Crippen LogP contribution is -2.37. The molecule has 2 aliphatic heterocycles. The maximum absolute atomic E-state index is 5.14. The fourth-order valence-electron chi connectivity index (χ4n) is 5.21. The Morgan fingerprint density at radius 2 is 1.41 bits per heavy atom. The van der Waals surface area contributed by atoms with E-state index in [0.29, 0.717) is 0 Å². The summed E-state index contributed by atoms with van der Waals surface area (Å²) in [6, 6.07) is 30.7. The van der Waals surface area contributed by atoms with Gasteiger partial charge in [-0.1, -0.05) is 103 Å². The quantitative estimate of drug-likeness (QED) is 0.362. The summed E-state index contributed by atoms with van der Waals surface area (Å²) in [7, 11) is 0. The second-order valence-corrected chi connectivity index (χ2v) is 9.12. The van der Waals surface area contributed by atoms with Crippen LogP contribution < -0.4 is 0 Å². The third kappa shape index (κ3) is 3.20. The molecular weight excluding hydrogens is 414 g/mol. The largest absolute Gasteiger partial charge is 0.308 e. The third-order valence-electron chi connectivity index (χ3n) is 6.94. The lowest BCUT2D eigenvalue weighted by atomic mass is 9.93. The number of benzene rings is 4. The van der Waals surface area contributed by atoms with Gasteiger partial charge in [0.15, 0.2) is 0 Å². The zero-order chi connectivity index (χ0) is 22.5. The highest BCUT2D eigenvalue weighted by atomic mass is 15.4. The zero-order valence-electron chi connectivity index (χ0n) is 18.7. The zero-order valence-corrected chi connectivity index (χ0v) is 18.7. The number of hydrogen-bond acceptors (Lipinski definition) is 3. The summed E-state index contributed by atoms with van der Waals surface area (Å²) in [6.07, 6.45) is 11.7. The van der Waals surface area contributed by atoms with Crippen LogP contribution in [-0.4, -0.2) is 28.7 Å². The van der Waals surface area contributed by atoms with E-state index in [1.165, 1.54) is 32.7 Å². The summed E-state index contributed by atoms with van der Waals surface area (Å²) in [6.45, 7) is 0. The monoisotopic (exact) mass is 437 g/mol. The minimum Gasteiger partial charge on any atom is -0.308 e. The molecule has 4 aromatic rings. The van der Waals surface area contributed by atoms with Gasteiger partial charge in [0.2, 0.25) is 5.96 Å². The minimum atomic E-state index is 0.123. The van der Waals surface area contributed by atoms with Crippen molar-refractivity contribution in [2.45, 2.75) is 18.5 Å². The fraction of sp³-hybridized carbons (Fsp3) is 0.0968. The lowest BCUT2D eigenvalue weighted by Gasteiger charge is -2.28. The van der Waals surface area contributed by atoms with Crippen LogP contribution in [0.25, 0.3) is 21.5 Å². The van der Waals surface area contributed by atoms with E-state index in [4.69, 9.17) is 9.98 Å². The first kappa shape index (κ1) is 19.2. The molecule has 0 N–H and O–H groups in total. The van der Waals surface area contributed by atoms with Gasteiger partial charge in [-0.3, -0.25) is 0 Å². The number of fused-ring (bicyclic) bond motifs is 5. The summed E-state index contributed by atoms with van der Waals surface area (Å²) in [5.41, 5.74) is 4.65. The van der Waals surface area contributed by atoms with Crippen LogP contribution in [0.5, 0.6) is 0 Å². The first-order valence-electron chi connectivity index (χ1n) is 11.8. The van der Waals surface area contributed by atoms with Crippen LogP contribution in [0.2, 0.25) is 0 Å². The van der Waals surface area contributed by atoms with Crippen molar-refractivity contribution in [1.82, 2.24) is 4.90 Å². The summed E-state index contributed by atoms with van der Waals surface area (Å²) in [5, 5.41) is 5.00. The van der Waals surface area contributed by atoms with E-state index in [2.05, 4.69) is 120 Å². The third-order valence-corrected chi connectivity index (χ3v) is 6.94. The Balaban J connectivity index is 1.34. The standard InChI is InChI=1S/C31H23N3/c1-3-9-24-17-21(13-14-22(24)7-1)18-27-20-34-29-12-6-5-11-28(29)32-31(34)33-30(27)26-16-15-23-8-2-4-10-25(23)19-26/h1-17,19-20,28-29H,18H2. The van der Waals surface area contributed by atoms with E-state index in [0.717, 1.165) is 23.7 Å². The van der Waals surface area contributed by atoms with Crippen molar-refractivity contribution in [1.29, 1.82) is 0 Å². The van der Waals surface area contributed by atoms with Gasteiger partial charge in [-0.2, -0.15) is 0 Å². The smallest absolute Gasteiger partial charge is 0.226 e. The van der Waals surface area contributed by atoms with Crippen LogP contribution in [0.15, 0.2) is 131 Å². The van der Waals surface area contributed by atoms with E-state index in [-0.39, 0.29) is 12.1 Å². The predicted molar refractivity (Wildman–Crippen MR) is 141 cm³/mol. The second-order valence-electron chi connectivity index (χ2n) is 9.12. The number of rotatable bonds is 3. The highest BCUT2D eigenvalue weighted by molar-refractivity contribution is 6.20. The summed E-state index contributed by atoms with van der Waals surface area (Å²) in [5.74, 6) is 0.802. The average Bonchev–Trinajstić information content (AvgIpc) is 3.25. The fourth-order valence-corrected chi connectivity index (χ4v) is 5.21. The van der Waals surface area contributed by atoms with Crippen molar-refractivity contribution >= 4 is 33.2 Å². The molecule has 0 bridgehead atoms. The van der Waals surface area contributed by atoms with E-state index >= 15 is 0 Å². The molecule has 3 nitrogen and oxygen atoms in total. The highest BCUT2D eigenvalue weighted by Crippen LogP contribution is 2.31. The van der Waals surface area contributed by atoms with E-state index in [1.54, 1.807) is 0 Å². The Bertz CT molecular complexity index is 1600. The molecule has 0 spiro atoms. The van der Waals surface area contributed by atoms with E-state index in [9.17, 15) is 0 Å². The molecule has 0 fully saturated rings. The number of allylic oxidation sites excluding steroid dienone is 3. The summed E-state index contributed by atoms with van der Waals surface area (Å²) >= 11 is 0. The molecule has 34 heavy (non-hydrogen) atoms. The number of hydrogen-bond donors (Lipinski definition) is 0. The number of aliphatic imine (C=N–C) groups is 2. The second kappa shape index (κ2) is 7.67. The molecule has 0 saturated carbocycles. The van der Waals surface area contributed by atoms with E-state index < -0.39 is 0 Å². The Labute approximate surface area is 198 Å². The molecule has 0 saturated heterocycles. The molecule has 7 rings (SSSR count). The molecule has 162 valence electrons. The average molecular weight is 438 g/mol. The SMILES string of the molecule is C1=CC2N=C3N=C(c4ccc5ccccc5c4)C(Cc4ccc5ccccc5c4)=CN3C2C=C1. The summed E-state index contributed by atoms with van der Waals surface area (Å²) < 4.78 is 0. The van der Waals surface area contributed by atoms with Gasteiger partial charge in [0.25, 0.3) is 0 Å². The highest BCUT2D eigenvalue weighted by Gasteiger charge is 2.36. The van der Waals surface area contributed by atoms with Gasteiger partial charge < -0.3 is 4.90 Å². The number of nitrogens with zero attached hydrogens (tertiary/aromatic N) is 3. The van der Waals surface area contributed by atoms with Gasteiger partial charge in [-0.15, -0.1) is 0 Å². The topological polar surface area (TPSA) is 28.0 Å². The van der Waals surface area contributed by atoms with Crippen LogP contribution in [0.1, 0.15) is 11.1 Å². The molecule has 3 heteroatoms. The molecule has 2 unspecified atom stereocenters. The number of guanidine groups is 1. The van der Waals surface area contributed by atoms with Crippen molar-refractivity contribution in [3.05, 3.63) is 132 Å². The van der Waals surface area contributed by atoms with Gasteiger partial charge in [0.05, 0.1) is 17.8 Å². The van der Waals surface area contributed by atoms with Crippen molar-refractivity contribution in [3.8, 4) is 0 Å². The van der Waals surface area contributed by atoms with Crippen molar-refractivity contribution < 1.29 is 0 Å². The van der Waals surface area contributed by atoms with Gasteiger partial charge in [-0.25, -0.2) is 9.98 Å². The Morgan fingerprint density at radius 1 is 0.706 bits per heavy atom. The van der Waals surface area contributed by atoms with Crippen LogP contribution >= 0.6 is 0 Å². The Kier molecular flexibility index (Phi) is 4.34. The molecule has 0 radical (unpaired) electrons. The molecule has 3 aliphatic rings. The van der Waals surface area contributed by atoms with Crippen molar-refractivity contribution in [2.24, 2.45) is 9.98 Å². The molecule has 2 atom stereocenters. The minimum absolute atomic E-state index is 0.123. The first-order valence-corrected chi connectivity index (χ1v) is 11.8. The van der Waals surface area contributed by atoms with Crippen LogP contribution in [0, 0.1) is 0 Å². The summed E-state index contributed by atoms with van der Waals surface area (Å²) in [4.78, 5) is 12.3. The van der Waals surface area contributed by atoms with Gasteiger partial charge in [-0.05, 0) is 38.7 Å². The lowest BCUT2D eigenvalue weighted by molar-refractivity contribution is 0.469. The van der Waals surface area contributed by atoms with Gasteiger partial charge >= 0.3 is 0 Å². The molecule has 1 aliphatic carbocycles. The van der Waals surface area contributed by atoms with Gasteiger partial charge in [0.1, 0.15) is 0 Å². The predicted octanol–water partition coefficient (Wildman–Crippen LogP) is 6.46. The maximum Gasteiger partial charge on any atom is 0.226 e. The first-order chi connectivity index (χ1) is 16.8. The van der Waals surface area contributed by atoms with Crippen LogP contribution in [0.4, 0.5) is 0 Å². The molecule has 0 aromatic heterocycles. The molecule has 0 amide bonds. The molecule has 4 aromatic carbocycles. The Morgan fingerprint density at radius 3 is 2.24 bits per heavy atom. The van der Waals surface area contributed by atoms with Crippen molar-refractivity contribution in [2.75, 3.05) is 0 Å². The maximum atomic E-state index is 5.14. The van der Waals surface area contributed by atoms with Crippen LogP contribution in [-0.2, 0) is 6.42 Å². The molecular formula is C31H23N3. The molecule has 2 heterocycles. The van der Waals surface area contributed by atoms with Gasteiger partial charge in [0, 0.05) is 18.2 Å². The van der Waals surface area contributed by atoms with E-state index in [1.807, 2.05) is 0 Å². The van der Waals surface area contributed by atoms with Crippen LogP contribution in [0.3, 0.4) is 0 Å². The normalized spacial score (nSPS) is 20.7.